The Morgan fingerprint density at radius 3 is 2.74 bits per heavy atom. The Hall–Kier alpha value is -0.690. The van der Waals surface area contributed by atoms with E-state index in [1.807, 2.05) is 13.8 Å². The van der Waals surface area contributed by atoms with Gasteiger partial charge in [0.15, 0.2) is 0 Å². The van der Waals surface area contributed by atoms with Gasteiger partial charge in [0.1, 0.15) is 4.90 Å². The van der Waals surface area contributed by atoms with E-state index in [9.17, 15) is 8.42 Å². The molecule has 1 atom stereocenters. The Balaban J connectivity index is 3.16. The highest BCUT2D eigenvalue weighted by atomic mass is 35.5. The van der Waals surface area contributed by atoms with E-state index >= 15 is 0 Å². The number of aromatic nitrogens is 1. The topological polar surface area (TPSA) is 59.5 Å². The molecule has 0 N–H and O–H groups in total. The van der Waals surface area contributed by atoms with Crippen LogP contribution in [0, 0.1) is 0 Å². The lowest BCUT2D eigenvalue weighted by atomic mass is 10.3. The molecule has 108 valence electrons. The monoisotopic (exact) mass is 306 g/mol. The quantitative estimate of drug-likeness (QED) is 0.774. The van der Waals surface area contributed by atoms with Crippen molar-refractivity contribution in [3.8, 4) is 0 Å². The standard InChI is InChI=1S/C12H19ClN2O3S/c1-4-10(2)15(7-8-18-3)19(16,17)12-9-14-6-5-11(12)13/h5-6,9-10H,4,7-8H2,1-3H3. The molecular formula is C12H19ClN2O3S. The second kappa shape index (κ2) is 7.19. The summed E-state index contributed by atoms with van der Waals surface area (Å²) in [5.74, 6) is 0. The van der Waals surface area contributed by atoms with Gasteiger partial charge in [-0.05, 0) is 19.4 Å². The third-order valence-corrected chi connectivity index (χ3v) is 5.40. The van der Waals surface area contributed by atoms with Gasteiger partial charge >= 0.3 is 0 Å². The van der Waals surface area contributed by atoms with E-state index in [0.29, 0.717) is 19.6 Å². The largest absolute Gasteiger partial charge is 0.383 e. The van der Waals surface area contributed by atoms with Crippen molar-refractivity contribution in [1.82, 2.24) is 9.29 Å². The molecule has 0 aromatic carbocycles. The maximum atomic E-state index is 12.6. The molecule has 1 heterocycles. The molecule has 0 amide bonds. The molecule has 0 radical (unpaired) electrons. The van der Waals surface area contributed by atoms with Crippen molar-refractivity contribution in [2.75, 3.05) is 20.3 Å². The summed E-state index contributed by atoms with van der Waals surface area (Å²) in [6, 6.07) is 1.34. The van der Waals surface area contributed by atoms with Crippen LogP contribution in [0.3, 0.4) is 0 Å². The van der Waals surface area contributed by atoms with E-state index in [1.54, 1.807) is 7.11 Å². The van der Waals surface area contributed by atoms with Crippen LogP contribution in [0.1, 0.15) is 20.3 Å². The van der Waals surface area contributed by atoms with Crippen LogP contribution >= 0.6 is 11.6 Å². The number of hydrogen-bond acceptors (Lipinski definition) is 4. The van der Waals surface area contributed by atoms with Gasteiger partial charge in [-0.25, -0.2) is 8.42 Å². The number of methoxy groups -OCH3 is 1. The molecule has 1 rings (SSSR count). The molecule has 19 heavy (non-hydrogen) atoms. The van der Waals surface area contributed by atoms with E-state index < -0.39 is 10.0 Å². The zero-order valence-electron chi connectivity index (χ0n) is 11.3. The molecule has 0 bridgehead atoms. The number of hydrogen-bond donors (Lipinski definition) is 0. The van der Waals surface area contributed by atoms with Crippen molar-refractivity contribution in [1.29, 1.82) is 0 Å². The third-order valence-electron chi connectivity index (χ3n) is 2.92. The van der Waals surface area contributed by atoms with Gasteiger partial charge in [-0.15, -0.1) is 0 Å². The molecule has 7 heteroatoms. The van der Waals surface area contributed by atoms with Crippen LogP contribution in [-0.2, 0) is 14.8 Å². The molecular weight excluding hydrogens is 288 g/mol. The predicted molar refractivity (Wildman–Crippen MR) is 74.8 cm³/mol. The second-order valence-electron chi connectivity index (χ2n) is 4.17. The Labute approximate surface area is 119 Å². The number of sulfonamides is 1. The molecule has 1 aromatic heterocycles. The molecule has 0 saturated carbocycles. The fraction of sp³-hybridized carbons (Fsp3) is 0.583. The summed E-state index contributed by atoms with van der Waals surface area (Å²) >= 11 is 5.96. The van der Waals surface area contributed by atoms with Gasteiger partial charge in [0.05, 0.1) is 11.6 Å². The lowest BCUT2D eigenvalue weighted by Crippen LogP contribution is -2.40. The fourth-order valence-corrected chi connectivity index (χ4v) is 3.74. The normalized spacial score (nSPS) is 13.7. The zero-order chi connectivity index (χ0) is 14.5. The molecule has 1 unspecified atom stereocenters. The minimum absolute atomic E-state index is 0.0352. The second-order valence-corrected chi connectivity index (χ2v) is 6.44. The first-order chi connectivity index (χ1) is 8.95. The average molecular weight is 307 g/mol. The highest BCUT2D eigenvalue weighted by molar-refractivity contribution is 7.89. The van der Waals surface area contributed by atoms with Gasteiger partial charge in [-0.1, -0.05) is 18.5 Å². The molecule has 0 aliphatic carbocycles. The van der Waals surface area contributed by atoms with Gasteiger partial charge in [0, 0.05) is 32.1 Å². The molecule has 0 spiro atoms. The highest BCUT2D eigenvalue weighted by Crippen LogP contribution is 2.25. The summed E-state index contributed by atoms with van der Waals surface area (Å²) < 4.78 is 31.6. The summed E-state index contributed by atoms with van der Waals surface area (Å²) in [6.07, 6.45) is 3.45. The zero-order valence-corrected chi connectivity index (χ0v) is 12.9. The smallest absolute Gasteiger partial charge is 0.246 e. The maximum absolute atomic E-state index is 12.6. The Bertz CT molecular complexity index is 507. The first kappa shape index (κ1) is 16.4. The van der Waals surface area contributed by atoms with Crippen molar-refractivity contribution in [2.24, 2.45) is 0 Å². The van der Waals surface area contributed by atoms with Crippen LogP contribution in [-0.4, -0.2) is 44.0 Å². The molecule has 5 nitrogen and oxygen atoms in total. The van der Waals surface area contributed by atoms with E-state index in [-0.39, 0.29) is 16.0 Å². The summed E-state index contributed by atoms with van der Waals surface area (Å²) in [5.41, 5.74) is 0. The van der Waals surface area contributed by atoms with Crippen LogP contribution in [0.2, 0.25) is 5.02 Å². The lowest BCUT2D eigenvalue weighted by molar-refractivity contribution is 0.167. The van der Waals surface area contributed by atoms with Gasteiger partial charge in [-0.2, -0.15) is 4.31 Å². The highest BCUT2D eigenvalue weighted by Gasteiger charge is 2.29. The van der Waals surface area contributed by atoms with E-state index in [1.165, 1.54) is 22.8 Å². The SMILES string of the molecule is CCC(C)N(CCOC)S(=O)(=O)c1cnccc1Cl. The molecule has 1 aromatic rings. The Kier molecular flexibility index (Phi) is 6.19. The minimum Gasteiger partial charge on any atom is -0.383 e. The summed E-state index contributed by atoms with van der Waals surface area (Å²) in [7, 11) is -2.12. The van der Waals surface area contributed by atoms with Gasteiger partial charge in [0.25, 0.3) is 0 Å². The number of ether oxygens (including phenoxy) is 1. The molecule has 0 saturated heterocycles. The first-order valence-electron chi connectivity index (χ1n) is 6.05. The Morgan fingerprint density at radius 2 is 2.21 bits per heavy atom. The Morgan fingerprint density at radius 1 is 1.53 bits per heavy atom. The number of nitrogens with zero attached hydrogens (tertiary/aromatic N) is 2. The van der Waals surface area contributed by atoms with Crippen LogP contribution < -0.4 is 0 Å². The average Bonchev–Trinajstić information content (AvgIpc) is 2.38. The fourth-order valence-electron chi connectivity index (χ4n) is 1.64. The number of pyridine rings is 1. The number of rotatable bonds is 7. The van der Waals surface area contributed by atoms with Crippen LogP contribution in [0.25, 0.3) is 0 Å². The summed E-state index contributed by atoms with van der Waals surface area (Å²) in [5, 5.41) is 0.181. The number of halogens is 1. The maximum Gasteiger partial charge on any atom is 0.246 e. The van der Waals surface area contributed by atoms with E-state index in [4.69, 9.17) is 16.3 Å². The van der Waals surface area contributed by atoms with Crippen LogP contribution in [0.4, 0.5) is 0 Å². The summed E-state index contributed by atoms with van der Waals surface area (Å²) in [4.78, 5) is 3.87. The van der Waals surface area contributed by atoms with Gasteiger partial charge in [0.2, 0.25) is 10.0 Å². The van der Waals surface area contributed by atoms with E-state index in [2.05, 4.69) is 4.98 Å². The van der Waals surface area contributed by atoms with Gasteiger partial charge < -0.3 is 4.74 Å². The van der Waals surface area contributed by atoms with Crippen molar-refractivity contribution in [2.45, 2.75) is 31.2 Å². The summed E-state index contributed by atoms with van der Waals surface area (Å²) in [6.45, 7) is 4.42. The lowest BCUT2D eigenvalue weighted by Gasteiger charge is -2.27. The minimum atomic E-state index is -3.66. The van der Waals surface area contributed by atoms with Crippen molar-refractivity contribution < 1.29 is 13.2 Å². The van der Waals surface area contributed by atoms with Crippen LogP contribution in [0.5, 0.6) is 0 Å². The van der Waals surface area contributed by atoms with Crippen LogP contribution in [0.15, 0.2) is 23.4 Å². The predicted octanol–water partition coefficient (Wildman–Crippen LogP) is 2.17. The third kappa shape index (κ3) is 3.89. The first-order valence-corrected chi connectivity index (χ1v) is 7.87. The van der Waals surface area contributed by atoms with Crippen molar-refractivity contribution in [3.05, 3.63) is 23.5 Å². The van der Waals surface area contributed by atoms with Crippen molar-refractivity contribution >= 4 is 21.6 Å². The molecule has 0 aliphatic heterocycles. The molecule has 0 aliphatic rings. The van der Waals surface area contributed by atoms with E-state index in [0.717, 1.165) is 0 Å². The van der Waals surface area contributed by atoms with Gasteiger partial charge in [-0.3, -0.25) is 4.98 Å². The molecule has 0 fully saturated rings. The van der Waals surface area contributed by atoms with Crippen molar-refractivity contribution in [3.63, 3.8) is 0 Å².